The highest BCUT2D eigenvalue weighted by molar-refractivity contribution is 7.10. The highest BCUT2D eigenvalue weighted by Crippen LogP contribution is 2.29. The van der Waals surface area contributed by atoms with Gasteiger partial charge >= 0.3 is 5.97 Å². The summed E-state index contributed by atoms with van der Waals surface area (Å²) in [6, 6.07) is 6.94. The van der Waals surface area contributed by atoms with E-state index in [1.807, 2.05) is 17.5 Å². The maximum atomic E-state index is 11.0. The Kier molecular flexibility index (Phi) is 4.62. The second-order valence-electron chi connectivity index (χ2n) is 4.75. The number of thiophene rings is 1. The van der Waals surface area contributed by atoms with E-state index in [9.17, 15) is 4.79 Å². The van der Waals surface area contributed by atoms with Crippen LogP contribution in [0, 0.1) is 5.92 Å². The standard InChI is InChI=1S/C14H15ClN2O2S/c1-8(2)13(10-4-3-5-20-10)17-12-7-9(14(18)19)6-11(15)16-12/h3-8,13H,1-2H3,(H,16,17)(H,18,19). The number of carbonyl (C=O) groups is 1. The van der Waals surface area contributed by atoms with Gasteiger partial charge in [0.2, 0.25) is 0 Å². The van der Waals surface area contributed by atoms with Gasteiger partial charge in [0.15, 0.2) is 0 Å². The topological polar surface area (TPSA) is 62.2 Å². The van der Waals surface area contributed by atoms with Crippen LogP contribution in [0.15, 0.2) is 29.6 Å². The fraction of sp³-hybridized carbons (Fsp3) is 0.286. The van der Waals surface area contributed by atoms with Gasteiger partial charge in [-0.05, 0) is 29.5 Å². The van der Waals surface area contributed by atoms with E-state index in [4.69, 9.17) is 16.7 Å². The van der Waals surface area contributed by atoms with E-state index in [0.717, 1.165) is 0 Å². The normalized spacial score (nSPS) is 12.4. The Morgan fingerprint density at radius 3 is 2.75 bits per heavy atom. The summed E-state index contributed by atoms with van der Waals surface area (Å²) in [5.74, 6) is -0.209. The Labute approximate surface area is 126 Å². The van der Waals surface area contributed by atoms with Gasteiger partial charge in [0.1, 0.15) is 11.0 Å². The van der Waals surface area contributed by atoms with Crippen molar-refractivity contribution in [2.24, 2.45) is 5.92 Å². The average Bonchev–Trinajstić information content (AvgIpc) is 2.88. The molecule has 0 aliphatic heterocycles. The second-order valence-corrected chi connectivity index (χ2v) is 6.12. The summed E-state index contributed by atoms with van der Waals surface area (Å²) in [4.78, 5) is 16.4. The molecule has 0 saturated heterocycles. The lowest BCUT2D eigenvalue weighted by atomic mass is 10.0. The molecule has 1 unspecified atom stereocenters. The smallest absolute Gasteiger partial charge is 0.335 e. The van der Waals surface area contributed by atoms with E-state index in [2.05, 4.69) is 24.1 Å². The van der Waals surface area contributed by atoms with Crippen LogP contribution in [-0.2, 0) is 0 Å². The number of carboxylic acids is 1. The molecule has 0 spiro atoms. The van der Waals surface area contributed by atoms with Crippen molar-refractivity contribution in [3.8, 4) is 0 Å². The van der Waals surface area contributed by atoms with Gasteiger partial charge in [-0.15, -0.1) is 11.3 Å². The number of aromatic carboxylic acids is 1. The van der Waals surface area contributed by atoms with E-state index in [0.29, 0.717) is 11.7 Å². The van der Waals surface area contributed by atoms with E-state index in [-0.39, 0.29) is 16.8 Å². The zero-order chi connectivity index (χ0) is 14.7. The fourth-order valence-electron chi connectivity index (χ4n) is 1.89. The van der Waals surface area contributed by atoms with Gasteiger partial charge in [-0.25, -0.2) is 9.78 Å². The van der Waals surface area contributed by atoms with E-state index < -0.39 is 5.97 Å². The van der Waals surface area contributed by atoms with Crippen LogP contribution in [0.1, 0.15) is 35.1 Å². The first kappa shape index (κ1) is 14.8. The van der Waals surface area contributed by atoms with E-state index >= 15 is 0 Å². The van der Waals surface area contributed by atoms with Gasteiger partial charge in [-0.1, -0.05) is 31.5 Å². The molecule has 0 bridgehead atoms. The molecule has 2 aromatic heterocycles. The summed E-state index contributed by atoms with van der Waals surface area (Å²) in [7, 11) is 0. The van der Waals surface area contributed by atoms with Crippen molar-refractivity contribution >= 4 is 34.7 Å². The third-order valence-electron chi connectivity index (χ3n) is 2.86. The Balaban J connectivity index is 2.29. The van der Waals surface area contributed by atoms with Gasteiger partial charge in [-0.3, -0.25) is 0 Å². The third kappa shape index (κ3) is 3.49. The van der Waals surface area contributed by atoms with Crippen molar-refractivity contribution in [1.82, 2.24) is 4.98 Å². The minimum absolute atomic E-state index is 0.0719. The number of nitrogens with zero attached hydrogens (tertiary/aromatic N) is 1. The van der Waals surface area contributed by atoms with E-state index in [1.54, 1.807) is 11.3 Å². The first-order chi connectivity index (χ1) is 9.47. The molecular formula is C14H15ClN2O2S. The summed E-state index contributed by atoms with van der Waals surface area (Å²) < 4.78 is 0. The second kappa shape index (κ2) is 6.24. The quantitative estimate of drug-likeness (QED) is 0.808. The minimum atomic E-state index is -1.02. The molecular weight excluding hydrogens is 296 g/mol. The Morgan fingerprint density at radius 1 is 1.45 bits per heavy atom. The lowest BCUT2D eigenvalue weighted by Gasteiger charge is -2.22. The molecule has 0 amide bonds. The van der Waals surface area contributed by atoms with E-state index in [1.165, 1.54) is 17.0 Å². The van der Waals surface area contributed by atoms with Crippen molar-refractivity contribution in [2.45, 2.75) is 19.9 Å². The monoisotopic (exact) mass is 310 g/mol. The molecule has 1 atom stereocenters. The highest BCUT2D eigenvalue weighted by atomic mass is 35.5. The molecule has 0 fully saturated rings. The third-order valence-corrected chi connectivity index (χ3v) is 4.01. The van der Waals surface area contributed by atoms with Crippen molar-refractivity contribution < 1.29 is 9.90 Å². The molecule has 0 saturated carbocycles. The van der Waals surface area contributed by atoms with Crippen molar-refractivity contribution in [3.63, 3.8) is 0 Å². The lowest BCUT2D eigenvalue weighted by molar-refractivity contribution is 0.0697. The van der Waals surface area contributed by atoms with Crippen LogP contribution < -0.4 is 5.32 Å². The number of halogens is 1. The van der Waals surface area contributed by atoms with Crippen LogP contribution in [0.25, 0.3) is 0 Å². The minimum Gasteiger partial charge on any atom is -0.478 e. The average molecular weight is 311 g/mol. The van der Waals surface area contributed by atoms with Crippen molar-refractivity contribution in [3.05, 3.63) is 45.2 Å². The molecule has 6 heteroatoms. The molecule has 2 aromatic rings. The summed E-state index contributed by atoms with van der Waals surface area (Å²) >= 11 is 7.52. The molecule has 0 aliphatic carbocycles. The summed E-state index contributed by atoms with van der Waals surface area (Å²) in [6.07, 6.45) is 0. The Morgan fingerprint density at radius 2 is 2.20 bits per heavy atom. The predicted molar refractivity (Wildman–Crippen MR) is 81.7 cm³/mol. The zero-order valence-electron chi connectivity index (χ0n) is 11.1. The van der Waals surface area contributed by atoms with Gasteiger partial charge in [0.25, 0.3) is 0 Å². The predicted octanol–water partition coefficient (Wildman–Crippen LogP) is 4.30. The molecule has 2 N–H and O–H groups in total. The molecule has 0 aliphatic rings. The van der Waals surface area contributed by atoms with Gasteiger partial charge < -0.3 is 10.4 Å². The number of rotatable bonds is 5. The first-order valence-electron chi connectivity index (χ1n) is 6.18. The number of anilines is 1. The summed E-state index contributed by atoms with van der Waals surface area (Å²) in [5, 5.41) is 14.5. The van der Waals surface area contributed by atoms with Crippen LogP contribution in [0.3, 0.4) is 0 Å². The number of aromatic nitrogens is 1. The summed E-state index contributed by atoms with van der Waals surface area (Å²) in [6.45, 7) is 4.19. The number of hydrogen-bond donors (Lipinski definition) is 2. The Hall–Kier alpha value is -1.59. The molecule has 2 rings (SSSR count). The number of hydrogen-bond acceptors (Lipinski definition) is 4. The molecule has 2 heterocycles. The van der Waals surface area contributed by atoms with Crippen LogP contribution >= 0.6 is 22.9 Å². The molecule has 20 heavy (non-hydrogen) atoms. The number of pyridine rings is 1. The summed E-state index contributed by atoms with van der Waals surface area (Å²) in [5.41, 5.74) is 0.126. The van der Waals surface area contributed by atoms with Crippen LogP contribution in [0.5, 0.6) is 0 Å². The largest absolute Gasteiger partial charge is 0.478 e. The van der Waals surface area contributed by atoms with Gasteiger partial charge in [0.05, 0.1) is 11.6 Å². The maximum Gasteiger partial charge on any atom is 0.335 e. The SMILES string of the molecule is CC(C)C(Nc1cc(C(=O)O)cc(Cl)n1)c1cccs1. The zero-order valence-corrected chi connectivity index (χ0v) is 12.7. The van der Waals surface area contributed by atoms with Crippen LogP contribution in [0.4, 0.5) is 5.82 Å². The van der Waals surface area contributed by atoms with Gasteiger partial charge in [0, 0.05) is 4.88 Å². The fourth-order valence-corrected chi connectivity index (χ4v) is 3.05. The molecule has 4 nitrogen and oxygen atoms in total. The molecule has 0 radical (unpaired) electrons. The first-order valence-corrected chi connectivity index (χ1v) is 7.44. The number of nitrogens with one attached hydrogen (secondary N) is 1. The van der Waals surface area contributed by atoms with Crippen molar-refractivity contribution in [1.29, 1.82) is 0 Å². The maximum absolute atomic E-state index is 11.0. The van der Waals surface area contributed by atoms with Crippen LogP contribution in [-0.4, -0.2) is 16.1 Å². The van der Waals surface area contributed by atoms with Gasteiger partial charge in [-0.2, -0.15) is 0 Å². The number of carboxylic acid groups (broad SMARTS) is 1. The molecule has 106 valence electrons. The van der Waals surface area contributed by atoms with Crippen molar-refractivity contribution in [2.75, 3.05) is 5.32 Å². The molecule has 0 aromatic carbocycles. The Bertz CT molecular complexity index is 599. The highest BCUT2D eigenvalue weighted by Gasteiger charge is 2.18. The lowest BCUT2D eigenvalue weighted by Crippen LogP contribution is -2.16. The van der Waals surface area contributed by atoms with Crippen LogP contribution in [0.2, 0.25) is 5.15 Å².